The molecule has 1 fully saturated rings. The number of piperazine rings is 1. The van der Waals surface area contributed by atoms with Crippen molar-refractivity contribution in [1.82, 2.24) is 4.31 Å². The summed E-state index contributed by atoms with van der Waals surface area (Å²) in [5.74, 6) is 0.792. The Morgan fingerprint density at radius 3 is 2.26 bits per heavy atom. The molecule has 146 valence electrons. The summed E-state index contributed by atoms with van der Waals surface area (Å²) in [6.45, 7) is 1.69. The van der Waals surface area contributed by atoms with E-state index >= 15 is 0 Å². The molecule has 1 aliphatic heterocycles. The monoisotopic (exact) mass is 430 g/mol. The highest BCUT2D eigenvalue weighted by molar-refractivity contribution is 7.89. The van der Waals surface area contributed by atoms with E-state index in [2.05, 4.69) is 0 Å². The molecule has 9 heteroatoms. The van der Waals surface area contributed by atoms with Gasteiger partial charge in [0.1, 0.15) is 16.4 Å². The van der Waals surface area contributed by atoms with Gasteiger partial charge in [0.15, 0.2) is 0 Å². The van der Waals surface area contributed by atoms with E-state index in [0.717, 1.165) is 5.69 Å². The van der Waals surface area contributed by atoms with E-state index in [9.17, 15) is 8.42 Å². The van der Waals surface area contributed by atoms with E-state index < -0.39 is 10.0 Å². The zero-order valence-electron chi connectivity index (χ0n) is 15.0. The van der Waals surface area contributed by atoms with Gasteiger partial charge in [0.05, 0.1) is 24.9 Å². The summed E-state index contributed by atoms with van der Waals surface area (Å²) in [4.78, 5) is 2.16. The van der Waals surface area contributed by atoms with Gasteiger partial charge in [-0.05, 0) is 30.3 Å². The lowest BCUT2D eigenvalue weighted by atomic mass is 10.2. The van der Waals surface area contributed by atoms with E-state index in [-0.39, 0.29) is 10.6 Å². The molecule has 0 amide bonds. The molecule has 1 heterocycles. The molecule has 1 saturated heterocycles. The van der Waals surface area contributed by atoms with E-state index in [1.165, 1.54) is 24.6 Å². The third-order valence-electron chi connectivity index (χ3n) is 4.48. The molecule has 0 spiro atoms. The SMILES string of the molecule is COc1ccc(S(=O)(=O)N2CCN(c3cc(Cl)ccc3Cl)CC2)c(OC)c1. The molecular formula is C18H20Cl2N2O4S. The Bertz CT molecular complexity index is 929. The summed E-state index contributed by atoms with van der Waals surface area (Å²) in [7, 11) is -0.732. The van der Waals surface area contributed by atoms with Crippen LogP contribution in [0.2, 0.25) is 10.0 Å². The van der Waals surface area contributed by atoms with Gasteiger partial charge in [-0.15, -0.1) is 0 Å². The maximum atomic E-state index is 13.1. The molecule has 2 aromatic rings. The number of rotatable bonds is 5. The predicted molar refractivity (Wildman–Crippen MR) is 107 cm³/mol. The molecule has 0 aliphatic carbocycles. The summed E-state index contributed by atoms with van der Waals surface area (Å²) in [5, 5.41) is 1.18. The largest absolute Gasteiger partial charge is 0.497 e. The number of ether oxygens (including phenoxy) is 2. The van der Waals surface area contributed by atoms with Crippen LogP contribution < -0.4 is 14.4 Å². The quantitative estimate of drug-likeness (QED) is 0.725. The number of methoxy groups -OCH3 is 2. The van der Waals surface area contributed by atoms with Crippen molar-refractivity contribution in [3.05, 3.63) is 46.4 Å². The minimum absolute atomic E-state index is 0.125. The van der Waals surface area contributed by atoms with Crippen LogP contribution in [0.5, 0.6) is 11.5 Å². The molecule has 0 aromatic heterocycles. The van der Waals surface area contributed by atoms with Gasteiger partial charge in [0, 0.05) is 37.3 Å². The van der Waals surface area contributed by atoms with Crippen LogP contribution in [-0.4, -0.2) is 53.1 Å². The maximum Gasteiger partial charge on any atom is 0.246 e. The molecule has 0 bridgehead atoms. The minimum Gasteiger partial charge on any atom is -0.497 e. The summed E-state index contributed by atoms with van der Waals surface area (Å²) in [5.41, 5.74) is 0.809. The third kappa shape index (κ3) is 4.11. The van der Waals surface area contributed by atoms with Crippen LogP contribution in [0.1, 0.15) is 0 Å². The third-order valence-corrected chi connectivity index (χ3v) is 6.97. The van der Waals surface area contributed by atoms with Gasteiger partial charge < -0.3 is 14.4 Å². The van der Waals surface area contributed by atoms with Crippen LogP contribution in [0.4, 0.5) is 5.69 Å². The topological polar surface area (TPSA) is 59.1 Å². The number of benzene rings is 2. The zero-order valence-corrected chi connectivity index (χ0v) is 17.3. The summed E-state index contributed by atoms with van der Waals surface area (Å²) in [6, 6.07) is 9.94. The molecule has 0 unspecified atom stereocenters. The Morgan fingerprint density at radius 2 is 1.63 bits per heavy atom. The first kappa shape index (κ1) is 20.1. The second kappa shape index (κ2) is 8.14. The van der Waals surface area contributed by atoms with Gasteiger partial charge in [-0.3, -0.25) is 0 Å². The van der Waals surface area contributed by atoms with Gasteiger partial charge in [0.2, 0.25) is 10.0 Å². The van der Waals surface area contributed by atoms with Crippen molar-refractivity contribution in [3.8, 4) is 11.5 Å². The fourth-order valence-corrected chi connectivity index (χ4v) is 4.99. The number of anilines is 1. The summed E-state index contributed by atoms with van der Waals surface area (Å²) in [6.07, 6.45) is 0. The van der Waals surface area contributed by atoms with Gasteiger partial charge in [-0.2, -0.15) is 4.31 Å². The van der Waals surface area contributed by atoms with Crippen molar-refractivity contribution in [2.24, 2.45) is 0 Å². The van der Waals surface area contributed by atoms with Crippen LogP contribution in [0.15, 0.2) is 41.3 Å². The Balaban J connectivity index is 1.80. The van der Waals surface area contributed by atoms with E-state index in [1.54, 1.807) is 30.3 Å². The number of sulfonamides is 1. The van der Waals surface area contributed by atoms with Crippen LogP contribution in [0.25, 0.3) is 0 Å². The first-order valence-corrected chi connectivity index (χ1v) is 10.5. The van der Waals surface area contributed by atoms with E-state index in [1.807, 2.05) is 4.90 Å². The zero-order chi connectivity index (χ0) is 19.6. The van der Waals surface area contributed by atoms with E-state index in [4.69, 9.17) is 32.7 Å². The van der Waals surface area contributed by atoms with Crippen LogP contribution in [0.3, 0.4) is 0 Å². The lowest BCUT2D eigenvalue weighted by Gasteiger charge is -2.36. The van der Waals surface area contributed by atoms with E-state index in [0.29, 0.717) is 42.0 Å². The highest BCUT2D eigenvalue weighted by atomic mass is 35.5. The normalized spacial score (nSPS) is 15.6. The van der Waals surface area contributed by atoms with Gasteiger partial charge >= 0.3 is 0 Å². The van der Waals surface area contributed by atoms with Crippen molar-refractivity contribution in [2.75, 3.05) is 45.3 Å². The first-order chi connectivity index (χ1) is 12.9. The molecular weight excluding hydrogens is 411 g/mol. The maximum absolute atomic E-state index is 13.1. The average molecular weight is 431 g/mol. The molecule has 2 aromatic carbocycles. The summed E-state index contributed by atoms with van der Waals surface area (Å²) < 4.78 is 38.0. The molecule has 1 aliphatic rings. The number of hydrogen-bond donors (Lipinski definition) is 0. The molecule has 0 atom stereocenters. The van der Waals surface area contributed by atoms with Crippen molar-refractivity contribution < 1.29 is 17.9 Å². The first-order valence-electron chi connectivity index (χ1n) is 8.29. The minimum atomic E-state index is -3.69. The second-order valence-electron chi connectivity index (χ2n) is 6.00. The average Bonchev–Trinajstić information content (AvgIpc) is 2.69. The number of nitrogens with zero attached hydrogens (tertiary/aromatic N) is 2. The Labute approximate surface area is 169 Å². The Morgan fingerprint density at radius 1 is 0.926 bits per heavy atom. The smallest absolute Gasteiger partial charge is 0.246 e. The molecule has 27 heavy (non-hydrogen) atoms. The lowest BCUT2D eigenvalue weighted by Crippen LogP contribution is -2.48. The second-order valence-corrected chi connectivity index (χ2v) is 8.75. The van der Waals surface area contributed by atoms with Crippen molar-refractivity contribution in [2.45, 2.75) is 4.90 Å². The van der Waals surface area contributed by atoms with Crippen molar-refractivity contribution in [1.29, 1.82) is 0 Å². The fourth-order valence-electron chi connectivity index (χ4n) is 3.02. The van der Waals surface area contributed by atoms with Gasteiger partial charge in [-0.25, -0.2) is 8.42 Å². The predicted octanol–water partition coefficient (Wildman–Crippen LogP) is 3.52. The fraction of sp³-hybridized carbons (Fsp3) is 0.333. The molecule has 3 rings (SSSR count). The van der Waals surface area contributed by atoms with Crippen LogP contribution >= 0.6 is 23.2 Å². The van der Waals surface area contributed by atoms with Crippen molar-refractivity contribution >= 4 is 38.9 Å². The number of hydrogen-bond acceptors (Lipinski definition) is 5. The standard InChI is InChI=1S/C18H20Cl2N2O4S/c1-25-14-4-6-18(17(12-14)26-2)27(23,24)22-9-7-21(8-10-22)16-11-13(19)3-5-15(16)20/h3-6,11-12H,7-10H2,1-2H3. The lowest BCUT2D eigenvalue weighted by molar-refractivity contribution is 0.370. The Kier molecular flexibility index (Phi) is 6.05. The summed E-state index contributed by atoms with van der Waals surface area (Å²) >= 11 is 12.3. The molecule has 0 saturated carbocycles. The molecule has 0 radical (unpaired) electrons. The van der Waals surface area contributed by atoms with Crippen LogP contribution in [-0.2, 0) is 10.0 Å². The Hall–Kier alpha value is -1.67. The molecule has 0 N–H and O–H groups in total. The van der Waals surface area contributed by atoms with Gasteiger partial charge in [0.25, 0.3) is 0 Å². The molecule has 6 nitrogen and oxygen atoms in total. The van der Waals surface area contributed by atoms with Crippen molar-refractivity contribution in [3.63, 3.8) is 0 Å². The van der Waals surface area contributed by atoms with Gasteiger partial charge in [-0.1, -0.05) is 23.2 Å². The highest BCUT2D eigenvalue weighted by Crippen LogP contribution is 2.33. The highest BCUT2D eigenvalue weighted by Gasteiger charge is 2.31. The number of halogens is 2. The van der Waals surface area contributed by atoms with Crippen LogP contribution in [0, 0.1) is 0 Å².